The molecule has 0 atom stereocenters. The third kappa shape index (κ3) is 4.32. The van der Waals surface area contributed by atoms with Crippen molar-refractivity contribution in [1.29, 1.82) is 0 Å². The van der Waals surface area contributed by atoms with Crippen molar-refractivity contribution in [2.45, 2.75) is 19.6 Å². The largest absolute Gasteiger partial charge is 0.223 e. The monoisotopic (exact) mass is 480 g/mol. The van der Waals surface area contributed by atoms with E-state index in [2.05, 4.69) is 0 Å². The molecule has 4 rings (SSSR count). The second-order valence-electron chi connectivity index (χ2n) is 6.82. The van der Waals surface area contributed by atoms with E-state index in [-0.39, 0.29) is 9.79 Å². The van der Waals surface area contributed by atoms with Gasteiger partial charge in [0, 0.05) is 9.79 Å². The molecule has 4 aromatic carbocycles. The van der Waals surface area contributed by atoms with E-state index >= 15 is 0 Å². The second kappa shape index (κ2) is 9.24. The van der Waals surface area contributed by atoms with Crippen molar-refractivity contribution in [2.24, 2.45) is 0 Å². The van der Waals surface area contributed by atoms with Crippen LogP contribution in [0.5, 0.6) is 0 Å². The molecule has 162 valence electrons. The van der Waals surface area contributed by atoms with E-state index < -0.39 is 33.7 Å². The quantitative estimate of drug-likeness (QED) is 0.366. The van der Waals surface area contributed by atoms with Gasteiger partial charge < -0.3 is 0 Å². The van der Waals surface area contributed by atoms with E-state index in [0.29, 0.717) is 9.79 Å². The normalized spacial score (nSPS) is 11.9. The van der Waals surface area contributed by atoms with Crippen molar-refractivity contribution in [3.63, 3.8) is 0 Å². The van der Waals surface area contributed by atoms with Gasteiger partial charge in [0.05, 0.1) is 9.79 Å². The Bertz CT molecular complexity index is 1330. The molecular weight excluding hydrogens is 460 g/mol. The van der Waals surface area contributed by atoms with Crippen molar-refractivity contribution < 1.29 is 16.8 Å². The van der Waals surface area contributed by atoms with Crippen molar-refractivity contribution in [1.82, 2.24) is 0 Å². The summed E-state index contributed by atoms with van der Waals surface area (Å²) in [4.78, 5) is 1.10. The first-order valence-electron chi connectivity index (χ1n) is 9.74. The van der Waals surface area contributed by atoms with Gasteiger partial charge in [0.25, 0.3) is 0 Å². The molecule has 4 nitrogen and oxygen atoms in total. The number of sulfone groups is 2. The van der Waals surface area contributed by atoms with Gasteiger partial charge in [-0.3, -0.25) is 0 Å². The summed E-state index contributed by atoms with van der Waals surface area (Å²) in [5.41, 5.74) is 0. The first-order valence-corrected chi connectivity index (χ1v) is 13.9. The Labute approximate surface area is 191 Å². The minimum absolute atomic E-state index is 0.0566. The molecule has 0 aliphatic heterocycles. The average Bonchev–Trinajstić information content (AvgIpc) is 2.84. The lowest BCUT2D eigenvalue weighted by atomic mass is 10.4. The zero-order chi connectivity index (χ0) is 22.6. The first kappa shape index (κ1) is 22.2. The standard InChI is InChI=1S/C25H20O4S3/c26-31(27,23-17-9-3-10-18-23)25(32(28,29)24-19-11-4-12-20-24)30(21-13-5-1-6-14-21)22-15-7-2-8-16-22/h1-20H. The molecule has 0 spiro atoms. The smallest absolute Gasteiger partial charge is 0.217 e. The van der Waals surface area contributed by atoms with Gasteiger partial charge in [-0.05, 0) is 48.5 Å². The highest BCUT2D eigenvalue weighted by atomic mass is 32.3. The minimum atomic E-state index is -4.36. The molecule has 0 unspecified atom stereocenters. The maximum Gasteiger partial charge on any atom is 0.223 e. The van der Waals surface area contributed by atoms with Crippen LogP contribution in [0.25, 0.3) is 0 Å². The summed E-state index contributed by atoms with van der Waals surface area (Å²) in [6.07, 6.45) is 0. The highest BCUT2D eigenvalue weighted by Crippen LogP contribution is 2.42. The van der Waals surface area contributed by atoms with Crippen LogP contribution in [0, 0.1) is 0 Å². The molecule has 0 heterocycles. The minimum Gasteiger partial charge on any atom is -0.217 e. The Morgan fingerprint density at radius 3 is 1.03 bits per heavy atom. The third-order valence-corrected chi connectivity index (χ3v) is 12.8. The van der Waals surface area contributed by atoms with E-state index in [4.69, 9.17) is 0 Å². The molecule has 0 amide bonds. The van der Waals surface area contributed by atoms with Crippen LogP contribution < -0.4 is 0 Å². The van der Waals surface area contributed by atoms with E-state index in [9.17, 15) is 16.8 Å². The Morgan fingerprint density at radius 2 is 0.719 bits per heavy atom. The number of hydrogen-bond acceptors (Lipinski definition) is 4. The molecule has 0 radical (unpaired) electrons. The van der Waals surface area contributed by atoms with Crippen LogP contribution >= 0.6 is 10.5 Å². The molecule has 32 heavy (non-hydrogen) atoms. The molecule has 0 aliphatic rings. The fraction of sp³-hybridized carbons (Fsp3) is 0. The van der Waals surface area contributed by atoms with Crippen LogP contribution in [-0.4, -0.2) is 20.4 Å². The van der Waals surface area contributed by atoms with Gasteiger partial charge in [0.15, 0.2) is 0 Å². The van der Waals surface area contributed by atoms with Crippen molar-refractivity contribution in [3.05, 3.63) is 121 Å². The summed E-state index contributed by atoms with van der Waals surface area (Å²) in [6.45, 7) is 0. The van der Waals surface area contributed by atoms with Gasteiger partial charge in [-0.15, -0.1) is 0 Å². The van der Waals surface area contributed by atoms with Crippen molar-refractivity contribution >= 4 is 33.7 Å². The first-order chi connectivity index (χ1) is 15.4. The lowest BCUT2D eigenvalue weighted by Crippen LogP contribution is -2.25. The maximum absolute atomic E-state index is 13.9. The van der Waals surface area contributed by atoms with E-state index in [1.165, 1.54) is 24.3 Å². The van der Waals surface area contributed by atoms with Gasteiger partial charge in [0.1, 0.15) is 0 Å². The lowest BCUT2D eigenvalue weighted by Gasteiger charge is -2.18. The molecule has 0 fully saturated rings. The molecule has 0 saturated carbocycles. The van der Waals surface area contributed by atoms with Gasteiger partial charge in [0.2, 0.25) is 23.2 Å². The molecule has 7 heteroatoms. The number of benzene rings is 4. The molecule has 0 aliphatic carbocycles. The Balaban J connectivity index is 2.19. The molecule has 0 N–H and O–H groups in total. The average molecular weight is 481 g/mol. The van der Waals surface area contributed by atoms with E-state index in [1.54, 1.807) is 84.9 Å². The highest BCUT2D eigenvalue weighted by Gasteiger charge is 2.37. The summed E-state index contributed by atoms with van der Waals surface area (Å²) >= 11 is 0. The van der Waals surface area contributed by atoms with Crippen LogP contribution in [0.15, 0.2) is 141 Å². The summed E-state index contributed by atoms with van der Waals surface area (Å²) < 4.78 is 55.2. The van der Waals surface area contributed by atoms with Crippen molar-refractivity contribution in [2.75, 3.05) is 0 Å². The number of rotatable bonds is 4. The van der Waals surface area contributed by atoms with Crippen LogP contribution in [0.4, 0.5) is 0 Å². The molecule has 0 aromatic heterocycles. The Hall–Kier alpha value is -3.00. The Morgan fingerprint density at radius 1 is 0.438 bits per heavy atom. The van der Waals surface area contributed by atoms with Crippen LogP contribution in [-0.2, 0) is 19.7 Å². The summed E-state index contributed by atoms with van der Waals surface area (Å²) in [5.74, 6) is 0. The predicted octanol–water partition coefficient (Wildman–Crippen LogP) is 5.41. The fourth-order valence-electron chi connectivity index (χ4n) is 3.20. The fourth-order valence-corrected chi connectivity index (χ4v) is 11.3. The molecule has 0 bridgehead atoms. The second-order valence-corrected chi connectivity index (χ2v) is 13.3. The van der Waals surface area contributed by atoms with Crippen molar-refractivity contribution in [3.8, 4) is 0 Å². The van der Waals surface area contributed by atoms with Crippen LogP contribution in [0.1, 0.15) is 0 Å². The topological polar surface area (TPSA) is 68.3 Å². The highest BCUT2D eigenvalue weighted by molar-refractivity contribution is 8.48. The third-order valence-electron chi connectivity index (χ3n) is 4.67. The van der Waals surface area contributed by atoms with E-state index in [1.807, 2.05) is 12.1 Å². The molecule has 4 aromatic rings. The zero-order valence-electron chi connectivity index (χ0n) is 16.9. The summed E-state index contributed by atoms with van der Waals surface area (Å²) in [6, 6.07) is 33.2. The van der Waals surface area contributed by atoms with Crippen LogP contribution in [0.2, 0.25) is 0 Å². The van der Waals surface area contributed by atoms with Gasteiger partial charge >= 0.3 is 0 Å². The number of hydrogen-bond donors (Lipinski definition) is 0. The summed E-state index contributed by atoms with van der Waals surface area (Å²) in [7, 11) is -10.1. The van der Waals surface area contributed by atoms with Gasteiger partial charge in [-0.2, -0.15) is 0 Å². The zero-order valence-corrected chi connectivity index (χ0v) is 19.4. The summed E-state index contributed by atoms with van der Waals surface area (Å²) in [5, 5.41) is 0. The molecule has 0 saturated heterocycles. The van der Waals surface area contributed by atoms with Gasteiger partial charge in [-0.1, -0.05) is 83.3 Å². The lowest BCUT2D eigenvalue weighted by molar-refractivity contribution is 0.603. The van der Waals surface area contributed by atoms with E-state index in [0.717, 1.165) is 0 Å². The van der Waals surface area contributed by atoms with Crippen LogP contribution in [0.3, 0.4) is 0 Å². The Kier molecular flexibility index (Phi) is 6.41. The molecular formula is C25H20O4S3. The SMILES string of the molecule is O=S(=O)(C(=S(c1ccccc1)c1ccccc1)S(=O)(=O)c1ccccc1)c1ccccc1. The van der Waals surface area contributed by atoms with Gasteiger partial charge in [-0.25, -0.2) is 16.8 Å². The maximum atomic E-state index is 13.9. The predicted molar refractivity (Wildman–Crippen MR) is 129 cm³/mol.